The zero-order chi connectivity index (χ0) is 12.5. The summed E-state index contributed by atoms with van der Waals surface area (Å²) in [6.45, 7) is 2.60. The van der Waals surface area contributed by atoms with Crippen molar-refractivity contribution in [3.8, 4) is 5.75 Å². The fraction of sp³-hybridized carbons (Fsp3) is 0.200. The number of benzene rings is 2. The number of anilines is 1. The van der Waals surface area contributed by atoms with Crippen molar-refractivity contribution in [3.05, 3.63) is 59.4 Å². The van der Waals surface area contributed by atoms with E-state index in [0.29, 0.717) is 6.61 Å². The van der Waals surface area contributed by atoms with Gasteiger partial charge in [0.2, 0.25) is 0 Å². The quantitative estimate of drug-likeness (QED) is 0.825. The molecule has 1 N–H and O–H groups in total. The fourth-order valence-corrected chi connectivity index (χ4v) is 2.15. The van der Waals surface area contributed by atoms with E-state index < -0.39 is 0 Å². The van der Waals surface area contributed by atoms with Crippen LogP contribution in [0.25, 0.3) is 0 Å². The molecule has 0 bridgehead atoms. The molecule has 0 aromatic heterocycles. The van der Waals surface area contributed by atoms with Gasteiger partial charge in [-0.05, 0) is 42.3 Å². The summed E-state index contributed by atoms with van der Waals surface area (Å²) in [5, 5.41) is 3.41. The molecule has 0 fully saturated rings. The molecule has 0 unspecified atom stereocenters. The molecule has 1 atom stereocenters. The zero-order valence-electron chi connectivity index (χ0n) is 10.1. The van der Waals surface area contributed by atoms with Crippen molar-refractivity contribution in [2.24, 2.45) is 0 Å². The molecule has 18 heavy (non-hydrogen) atoms. The summed E-state index contributed by atoms with van der Waals surface area (Å²) < 4.78 is 18.6. The maximum atomic E-state index is 12.9. The van der Waals surface area contributed by atoms with Crippen LogP contribution in [-0.4, -0.2) is 6.61 Å². The third-order valence-corrected chi connectivity index (χ3v) is 3.14. The fourth-order valence-electron chi connectivity index (χ4n) is 2.15. The van der Waals surface area contributed by atoms with Crippen LogP contribution >= 0.6 is 0 Å². The normalized spacial score (nSPS) is 17.6. The first-order valence-corrected chi connectivity index (χ1v) is 5.98. The zero-order valence-corrected chi connectivity index (χ0v) is 10.1. The second-order valence-electron chi connectivity index (χ2n) is 4.56. The smallest absolute Gasteiger partial charge is 0.142 e. The molecule has 2 aromatic carbocycles. The van der Waals surface area contributed by atoms with Gasteiger partial charge in [0, 0.05) is 0 Å². The highest BCUT2D eigenvalue weighted by Crippen LogP contribution is 2.34. The van der Waals surface area contributed by atoms with Crippen LogP contribution in [0.15, 0.2) is 42.5 Å². The molecule has 0 spiro atoms. The largest absolute Gasteiger partial charge is 0.489 e. The maximum absolute atomic E-state index is 12.9. The van der Waals surface area contributed by atoms with Crippen molar-refractivity contribution in [3.63, 3.8) is 0 Å². The molecular weight excluding hydrogens is 229 g/mol. The van der Waals surface area contributed by atoms with Crippen LogP contribution in [0.5, 0.6) is 5.75 Å². The van der Waals surface area contributed by atoms with Gasteiger partial charge in [-0.1, -0.05) is 18.2 Å². The van der Waals surface area contributed by atoms with Gasteiger partial charge in [0.15, 0.2) is 0 Å². The first-order valence-electron chi connectivity index (χ1n) is 5.98. The molecule has 0 aliphatic carbocycles. The lowest BCUT2D eigenvalue weighted by Gasteiger charge is -2.28. The highest BCUT2D eigenvalue weighted by atomic mass is 19.1. The Morgan fingerprint density at radius 3 is 2.72 bits per heavy atom. The van der Waals surface area contributed by atoms with Gasteiger partial charge in [0.1, 0.15) is 18.2 Å². The lowest BCUT2D eigenvalue weighted by atomic mass is 10.1. The van der Waals surface area contributed by atoms with Gasteiger partial charge in [-0.3, -0.25) is 0 Å². The van der Waals surface area contributed by atoms with E-state index in [1.807, 2.05) is 25.1 Å². The van der Waals surface area contributed by atoms with Crippen LogP contribution in [0.1, 0.15) is 17.2 Å². The molecule has 3 heteroatoms. The Bertz CT molecular complexity index is 565. The summed E-state index contributed by atoms with van der Waals surface area (Å²) in [6, 6.07) is 12.7. The Balaban J connectivity index is 1.86. The minimum Gasteiger partial charge on any atom is -0.489 e. The molecule has 1 aliphatic heterocycles. The summed E-state index contributed by atoms with van der Waals surface area (Å²) >= 11 is 0. The minimum absolute atomic E-state index is 0.0702. The van der Waals surface area contributed by atoms with Crippen LogP contribution in [-0.2, 0) is 0 Å². The molecule has 1 aliphatic rings. The van der Waals surface area contributed by atoms with E-state index in [4.69, 9.17) is 4.74 Å². The van der Waals surface area contributed by atoms with Crippen LogP contribution in [0.3, 0.4) is 0 Å². The number of nitrogens with one attached hydrogen (secondary N) is 1. The minimum atomic E-state index is -0.216. The van der Waals surface area contributed by atoms with Gasteiger partial charge in [-0.15, -0.1) is 0 Å². The molecule has 1 heterocycles. The number of rotatable bonds is 1. The van der Waals surface area contributed by atoms with Crippen molar-refractivity contribution in [2.75, 3.05) is 11.9 Å². The van der Waals surface area contributed by atoms with Crippen molar-refractivity contribution in [2.45, 2.75) is 13.0 Å². The predicted molar refractivity (Wildman–Crippen MR) is 69.4 cm³/mol. The maximum Gasteiger partial charge on any atom is 0.142 e. The monoisotopic (exact) mass is 243 g/mol. The van der Waals surface area contributed by atoms with E-state index in [1.165, 1.54) is 17.7 Å². The lowest BCUT2D eigenvalue weighted by molar-refractivity contribution is 0.286. The van der Waals surface area contributed by atoms with Gasteiger partial charge in [0.25, 0.3) is 0 Å². The van der Waals surface area contributed by atoms with E-state index in [2.05, 4.69) is 5.32 Å². The predicted octanol–water partition coefficient (Wildman–Crippen LogP) is 3.68. The van der Waals surface area contributed by atoms with Crippen LogP contribution in [0.4, 0.5) is 10.1 Å². The molecular formula is C15H14FNO. The number of aryl methyl sites for hydroxylation is 1. The highest BCUT2D eigenvalue weighted by molar-refractivity contribution is 5.60. The molecule has 0 saturated heterocycles. The second-order valence-corrected chi connectivity index (χ2v) is 4.56. The second kappa shape index (κ2) is 4.33. The number of hydrogen-bond donors (Lipinski definition) is 1. The number of halogens is 1. The van der Waals surface area contributed by atoms with Gasteiger partial charge < -0.3 is 10.1 Å². The van der Waals surface area contributed by atoms with Crippen molar-refractivity contribution in [1.29, 1.82) is 0 Å². The molecule has 0 radical (unpaired) electrons. The average Bonchev–Trinajstić information content (AvgIpc) is 2.39. The van der Waals surface area contributed by atoms with Gasteiger partial charge >= 0.3 is 0 Å². The first kappa shape index (κ1) is 11.1. The molecule has 3 rings (SSSR count). The van der Waals surface area contributed by atoms with E-state index in [1.54, 1.807) is 12.1 Å². The third-order valence-electron chi connectivity index (χ3n) is 3.14. The SMILES string of the molecule is Cc1ccc2c(c1)OC[C@H](c1ccc(F)cc1)N2. The summed E-state index contributed by atoms with van der Waals surface area (Å²) in [7, 11) is 0. The van der Waals surface area contributed by atoms with Gasteiger partial charge in [-0.2, -0.15) is 0 Å². The van der Waals surface area contributed by atoms with E-state index in [9.17, 15) is 4.39 Å². The molecule has 0 amide bonds. The topological polar surface area (TPSA) is 21.3 Å². The Hall–Kier alpha value is -2.03. The number of ether oxygens (including phenoxy) is 1. The molecule has 2 aromatic rings. The van der Waals surface area contributed by atoms with E-state index >= 15 is 0 Å². The van der Waals surface area contributed by atoms with Gasteiger partial charge in [-0.25, -0.2) is 4.39 Å². The number of fused-ring (bicyclic) bond motifs is 1. The van der Waals surface area contributed by atoms with Gasteiger partial charge in [0.05, 0.1) is 11.7 Å². The van der Waals surface area contributed by atoms with Crippen LogP contribution in [0.2, 0.25) is 0 Å². The van der Waals surface area contributed by atoms with Crippen LogP contribution in [0, 0.1) is 12.7 Å². The Kier molecular flexibility index (Phi) is 2.67. The number of hydrogen-bond acceptors (Lipinski definition) is 2. The Morgan fingerprint density at radius 1 is 1.17 bits per heavy atom. The first-order chi connectivity index (χ1) is 8.72. The average molecular weight is 243 g/mol. The summed E-state index contributed by atoms with van der Waals surface area (Å²) in [4.78, 5) is 0. The van der Waals surface area contributed by atoms with Crippen molar-refractivity contribution in [1.82, 2.24) is 0 Å². The van der Waals surface area contributed by atoms with Crippen molar-refractivity contribution >= 4 is 5.69 Å². The molecule has 0 saturated carbocycles. The summed E-state index contributed by atoms with van der Waals surface area (Å²) in [5.41, 5.74) is 3.19. The third kappa shape index (κ3) is 2.04. The highest BCUT2D eigenvalue weighted by Gasteiger charge is 2.20. The summed E-state index contributed by atoms with van der Waals surface area (Å²) in [5.74, 6) is 0.667. The van der Waals surface area contributed by atoms with E-state index in [0.717, 1.165) is 17.0 Å². The summed E-state index contributed by atoms with van der Waals surface area (Å²) in [6.07, 6.45) is 0. The molecule has 2 nitrogen and oxygen atoms in total. The van der Waals surface area contributed by atoms with Crippen molar-refractivity contribution < 1.29 is 9.13 Å². The Morgan fingerprint density at radius 2 is 1.94 bits per heavy atom. The Labute approximate surface area is 105 Å². The van der Waals surface area contributed by atoms with Crippen LogP contribution < -0.4 is 10.1 Å². The standard InChI is InChI=1S/C15H14FNO/c1-10-2-7-13-15(8-10)18-9-14(17-13)11-3-5-12(16)6-4-11/h2-8,14,17H,9H2,1H3/t14-/m1/s1. The van der Waals surface area contributed by atoms with E-state index in [-0.39, 0.29) is 11.9 Å². The lowest BCUT2D eigenvalue weighted by Crippen LogP contribution is -2.23. The molecule has 92 valence electrons.